The Balaban J connectivity index is 0.00000144. The van der Waals surface area contributed by atoms with Crippen LogP contribution in [0.5, 0.6) is 0 Å². The second kappa shape index (κ2) is 5.14. The van der Waals surface area contributed by atoms with E-state index < -0.39 is 5.82 Å². The first-order valence-corrected chi connectivity index (χ1v) is 3.86. The van der Waals surface area contributed by atoms with Crippen molar-refractivity contribution in [2.45, 2.75) is 19.9 Å². The van der Waals surface area contributed by atoms with E-state index in [0.717, 1.165) is 6.07 Å². The molecule has 74 valence electrons. The highest BCUT2D eigenvalue weighted by molar-refractivity contribution is 5.85. The van der Waals surface area contributed by atoms with Gasteiger partial charge in [-0.2, -0.15) is 0 Å². The van der Waals surface area contributed by atoms with Crippen LogP contribution in [0.2, 0.25) is 0 Å². The van der Waals surface area contributed by atoms with Gasteiger partial charge in [0, 0.05) is 12.1 Å². The van der Waals surface area contributed by atoms with Crippen LogP contribution in [0.3, 0.4) is 0 Å². The summed E-state index contributed by atoms with van der Waals surface area (Å²) in [7, 11) is 0. The molecular weight excluding hydrogens is 196 g/mol. The maximum atomic E-state index is 13.2. The van der Waals surface area contributed by atoms with Crippen LogP contribution in [0.15, 0.2) is 12.1 Å². The molecule has 1 aromatic rings. The average molecular weight is 208 g/mol. The van der Waals surface area contributed by atoms with Crippen molar-refractivity contribution in [3.8, 4) is 0 Å². The van der Waals surface area contributed by atoms with E-state index in [2.05, 4.69) is 0 Å². The summed E-state index contributed by atoms with van der Waals surface area (Å²) in [5.74, 6) is -0.796. The van der Waals surface area contributed by atoms with Gasteiger partial charge in [0.1, 0.15) is 11.6 Å². The van der Waals surface area contributed by atoms with Crippen molar-refractivity contribution in [3.05, 3.63) is 34.9 Å². The van der Waals surface area contributed by atoms with Crippen LogP contribution < -0.4 is 5.73 Å². The minimum absolute atomic E-state index is 0. The number of rotatable bonds is 2. The molecule has 0 amide bonds. The number of halogens is 3. The van der Waals surface area contributed by atoms with Crippen molar-refractivity contribution in [1.82, 2.24) is 0 Å². The van der Waals surface area contributed by atoms with E-state index in [-0.39, 0.29) is 30.3 Å². The third-order valence-corrected chi connectivity index (χ3v) is 1.79. The first-order chi connectivity index (χ1) is 5.69. The average Bonchev–Trinajstić information content (AvgIpc) is 2.08. The summed E-state index contributed by atoms with van der Waals surface area (Å²) in [4.78, 5) is 0. The predicted octanol–water partition coefficient (Wildman–Crippen LogP) is 2.41. The Morgan fingerprint density at radius 1 is 1.23 bits per heavy atom. The van der Waals surface area contributed by atoms with Gasteiger partial charge in [0.15, 0.2) is 0 Å². The number of nitrogens with two attached hydrogens (primary N) is 1. The Morgan fingerprint density at radius 2 is 1.77 bits per heavy atom. The van der Waals surface area contributed by atoms with E-state index in [9.17, 15) is 8.78 Å². The van der Waals surface area contributed by atoms with Crippen molar-refractivity contribution in [3.63, 3.8) is 0 Å². The zero-order valence-corrected chi connectivity index (χ0v) is 8.13. The van der Waals surface area contributed by atoms with E-state index in [0.29, 0.717) is 12.0 Å². The van der Waals surface area contributed by atoms with Gasteiger partial charge in [-0.15, -0.1) is 12.4 Å². The smallest absolute Gasteiger partial charge is 0.131 e. The second-order valence-corrected chi connectivity index (χ2v) is 2.60. The highest BCUT2D eigenvalue weighted by Crippen LogP contribution is 2.15. The summed E-state index contributed by atoms with van der Waals surface area (Å²) in [6, 6.07) is 2.34. The van der Waals surface area contributed by atoms with Crippen LogP contribution in [0.4, 0.5) is 8.78 Å². The van der Waals surface area contributed by atoms with Gasteiger partial charge in [0.25, 0.3) is 0 Å². The van der Waals surface area contributed by atoms with E-state index in [1.807, 2.05) is 0 Å². The Bertz CT molecular complexity index is 264. The summed E-state index contributed by atoms with van der Waals surface area (Å²) in [6.45, 7) is 1.81. The first kappa shape index (κ1) is 12.3. The number of benzene rings is 1. The second-order valence-electron chi connectivity index (χ2n) is 2.60. The largest absolute Gasteiger partial charge is 0.326 e. The van der Waals surface area contributed by atoms with E-state index in [4.69, 9.17) is 5.73 Å². The van der Waals surface area contributed by atoms with Gasteiger partial charge in [-0.05, 0) is 24.1 Å². The minimum atomic E-state index is -0.422. The summed E-state index contributed by atoms with van der Waals surface area (Å²) < 4.78 is 26.0. The molecule has 0 saturated carbocycles. The van der Waals surface area contributed by atoms with Crippen LogP contribution >= 0.6 is 12.4 Å². The fraction of sp³-hybridized carbons (Fsp3) is 0.333. The lowest BCUT2D eigenvalue weighted by Gasteiger charge is -2.04. The fourth-order valence-corrected chi connectivity index (χ4v) is 1.11. The lowest BCUT2D eigenvalue weighted by molar-refractivity contribution is 0.572. The van der Waals surface area contributed by atoms with E-state index in [1.54, 1.807) is 6.92 Å². The molecule has 4 heteroatoms. The van der Waals surface area contributed by atoms with Gasteiger partial charge >= 0.3 is 0 Å². The standard InChI is InChI=1S/C9H11F2N.ClH/c1-2-6-3-8(10)4-7(5-12)9(6)11;/h3-4H,2,5,12H2,1H3;1H. The van der Waals surface area contributed by atoms with E-state index in [1.165, 1.54) is 6.07 Å². The highest BCUT2D eigenvalue weighted by Gasteiger charge is 2.07. The molecule has 0 fully saturated rings. The molecule has 0 atom stereocenters. The molecule has 0 radical (unpaired) electrons. The van der Waals surface area contributed by atoms with Crippen LogP contribution in [0, 0.1) is 11.6 Å². The highest BCUT2D eigenvalue weighted by atomic mass is 35.5. The molecule has 13 heavy (non-hydrogen) atoms. The number of hydrogen-bond donors (Lipinski definition) is 1. The van der Waals surface area contributed by atoms with Crippen molar-refractivity contribution >= 4 is 12.4 Å². The predicted molar refractivity (Wildman–Crippen MR) is 50.9 cm³/mol. The fourth-order valence-electron chi connectivity index (χ4n) is 1.11. The molecule has 0 aliphatic heterocycles. The molecule has 0 heterocycles. The van der Waals surface area contributed by atoms with Gasteiger partial charge in [-0.1, -0.05) is 6.92 Å². The Labute approximate surface area is 82.4 Å². The van der Waals surface area contributed by atoms with E-state index >= 15 is 0 Å². The van der Waals surface area contributed by atoms with Crippen LogP contribution in [0.1, 0.15) is 18.1 Å². The SMILES string of the molecule is CCc1cc(F)cc(CN)c1F.Cl. The topological polar surface area (TPSA) is 26.0 Å². The zero-order chi connectivity index (χ0) is 9.14. The van der Waals surface area contributed by atoms with Gasteiger partial charge < -0.3 is 5.73 Å². The zero-order valence-electron chi connectivity index (χ0n) is 7.31. The quantitative estimate of drug-likeness (QED) is 0.792. The number of hydrogen-bond acceptors (Lipinski definition) is 1. The van der Waals surface area contributed by atoms with Gasteiger partial charge in [-0.25, -0.2) is 8.78 Å². The third-order valence-electron chi connectivity index (χ3n) is 1.79. The van der Waals surface area contributed by atoms with Gasteiger partial charge in [0.05, 0.1) is 0 Å². The third kappa shape index (κ3) is 2.64. The maximum absolute atomic E-state index is 13.2. The minimum Gasteiger partial charge on any atom is -0.326 e. The Kier molecular flexibility index (Phi) is 4.88. The summed E-state index contributed by atoms with van der Waals surface area (Å²) in [5.41, 5.74) is 5.86. The molecule has 1 aromatic carbocycles. The lowest BCUT2D eigenvalue weighted by atomic mass is 10.1. The molecule has 0 unspecified atom stereocenters. The molecule has 2 N–H and O–H groups in total. The molecular formula is C9H12ClF2N. The van der Waals surface area contributed by atoms with Crippen LogP contribution in [-0.2, 0) is 13.0 Å². The first-order valence-electron chi connectivity index (χ1n) is 3.86. The van der Waals surface area contributed by atoms with Crippen molar-refractivity contribution in [2.75, 3.05) is 0 Å². The van der Waals surface area contributed by atoms with Crippen molar-refractivity contribution < 1.29 is 8.78 Å². The summed E-state index contributed by atoms with van der Waals surface area (Å²) in [5, 5.41) is 0. The molecule has 0 bridgehead atoms. The van der Waals surface area contributed by atoms with Gasteiger partial charge in [0.2, 0.25) is 0 Å². The van der Waals surface area contributed by atoms with Crippen LogP contribution in [0.25, 0.3) is 0 Å². The number of aryl methyl sites for hydroxylation is 1. The van der Waals surface area contributed by atoms with Crippen LogP contribution in [-0.4, -0.2) is 0 Å². The normalized spacial score (nSPS) is 9.54. The monoisotopic (exact) mass is 207 g/mol. The molecule has 0 spiro atoms. The summed E-state index contributed by atoms with van der Waals surface area (Å²) in [6.07, 6.45) is 0.483. The molecule has 0 aliphatic rings. The van der Waals surface area contributed by atoms with Gasteiger partial charge in [-0.3, -0.25) is 0 Å². The molecule has 1 rings (SSSR count). The lowest BCUT2D eigenvalue weighted by Crippen LogP contribution is -2.03. The molecule has 0 saturated heterocycles. The maximum Gasteiger partial charge on any atom is 0.131 e. The summed E-state index contributed by atoms with van der Waals surface area (Å²) >= 11 is 0. The van der Waals surface area contributed by atoms with Crippen molar-refractivity contribution in [1.29, 1.82) is 0 Å². The van der Waals surface area contributed by atoms with Crippen molar-refractivity contribution in [2.24, 2.45) is 5.73 Å². The molecule has 1 nitrogen and oxygen atoms in total. The molecule has 0 aromatic heterocycles. The molecule has 0 aliphatic carbocycles. The Morgan fingerprint density at radius 3 is 2.23 bits per heavy atom. The Hall–Kier alpha value is -0.670.